The van der Waals surface area contributed by atoms with Crippen LogP contribution in [0.15, 0.2) is 30.3 Å². The number of hydrogen-bond acceptors (Lipinski definition) is 5. The van der Waals surface area contributed by atoms with Gasteiger partial charge in [-0.1, -0.05) is 0 Å². The number of halogens is 2. The molecule has 144 valence electrons. The molecule has 27 heavy (non-hydrogen) atoms. The average molecular weight is 377 g/mol. The maximum atomic E-state index is 13.4. The summed E-state index contributed by atoms with van der Waals surface area (Å²) in [6, 6.07) is 6.85. The summed E-state index contributed by atoms with van der Waals surface area (Å²) in [5, 5.41) is 3.16. The van der Waals surface area contributed by atoms with Crippen LogP contribution in [0.3, 0.4) is 0 Å². The number of carbonyl (C=O) groups is 1. The van der Waals surface area contributed by atoms with Crippen molar-refractivity contribution in [1.82, 2.24) is 9.88 Å². The van der Waals surface area contributed by atoms with Crippen LogP contribution < -0.4 is 14.8 Å². The van der Waals surface area contributed by atoms with Crippen LogP contribution in [0.2, 0.25) is 0 Å². The number of ether oxygens (including phenoxy) is 2. The Morgan fingerprint density at radius 1 is 1.19 bits per heavy atom. The number of aromatic nitrogens is 1. The number of pyridine rings is 1. The smallest absolute Gasteiger partial charge is 0.259 e. The van der Waals surface area contributed by atoms with E-state index < -0.39 is 11.6 Å². The third-order valence-electron chi connectivity index (χ3n) is 4.47. The average Bonchev–Trinajstić information content (AvgIpc) is 2.70. The summed E-state index contributed by atoms with van der Waals surface area (Å²) in [5.74, 6) is -1.42. The number of piperidine rings is 1. The molecule has 1 N–H and O–H groups in total. The summed E-state index contributed by atoms with van der Waals surface area (Å²) in [6.45, 7) is 1.04. The summed E-state index contributed by atoms with van der Waals surface area (Å²) < 4.78 is 36.7. The van der Waals surface area contributed by atoms with Gasteiger partial charge < -0.3 is 19.7 Å². The Hall–Kier alpha value is -2.90. The quantitative estimate of drug-likeness (QED) is 0.868. The second-order valence-corrected chi connectivity index (χ2v) is 6.27. The van der Waals surface area contributed by atoms with Gasteiger partial charge in [-0.25, -0.2) is 8.78 Å². The number of methoxy groups -OCH3 is 2. The lowest BCUT2D eigenvalue weighted by Gasteiger charge is -2.34. The molecule has 0 saturated carbocycles. The highest BCUT2D eigenvalue weighted by molar-refractivity contribution is 5.96. The van der Waals surface area contributed by atoms with Gasteiger partial charge in [0, 0.05) is 37.0 Å². The molecule has 0 radical (unpaired) electrons. The lowest BCUT2D eigenvalue weighted by atomic mass is 10.0. The maximum Gasteiger partial charge on any atom is 0.259 e. The van der Waals surface area contributed by atoms with E-state index in [0.29, 0.717) is 30.2 Å². The molecule has 1 fully saturated rings. The van der Waals surface area contributed by atoms with Crippen molar-refractivity contribution in [2.24, 2.45) is 0 Å². The van der Waals surface area contributed by atoms with Gasteiger partial charge in [0.1, 0.15) is 5.56 Å². The fourth-order valence-corrected chi connectivity index (χ4v) is 3.13. The zero-order chi connectivity index (χ0) is 19.4. The van der Waals surface area contributed by atoms with Gasteiger partial charge in [-0.2, -0.15) is 4.98 Å². The molecule has 1 aromatic carbocycles. The van der Waals surface area contributed by atoms with Gasteiger partial charge in [0.2, 0.25) is 11.8 Å². The number of likely N-dealkylation sites (tertiary alicyclic amines) is 1. The van der Waals surface area contributed by atoms with Crippen LogP contribution in [0.5, 0.6) is 11.8 Å². The van der Waals surface area contributed by atoms with Gasteiger partial charge in [-0.3, -0.25) is 4.79 Å². The molecule has 0 aliphatic carbocycles. The van der Waals surface area contributed by atoms with Crippen molar-refractivity contribution in [3.63, 3.8) is 0 Å². The van der Waals surface area contributed by atoms with E-state index in [1.165, 1.54) is 20.3 Å². The SMILES string of the molecule is COc1ccc(C(=O)N2CCC[C@H](Nc3ccc(F)c(F)c3)C2)c(OC)n1. The zero-order valence-corrected chi connectivity index (χ0v) is 15.2. The monoisotopic (exact) mass is 377 g/mol. The molecular formula is C19H21F2N3O3. The second-order valence-electron chi connectivity index (χ2n) is 6.27. The van der Waals surface area contributed by atoms with E-state index in [9.17, 15) is 13.6 Å². The largest absolute Gasteiger partial charge is 0.481 e. The van der Waals surface area contributed by atoms with Gasteiger partial charge in [0.05, 0.1) is 14.2 Å². The molecule has 8 heteroatoms. The van der Waals surface area contributed by atoms with Crippen LogP contribution >= 0.6 is 0 Å². The molecule has 1 atom stereocenters. The van der Waals surface area contributed by atoms with Crippen molar-refractivity contribution in [1.29, 1.82) is 0 Å². The Bertz CT molecular complexity index is 832. The van der Waals surface area contributed by atoms with E-state index >= 15 is 0 Å². The van der Waals surface area contributed by atoms with Gasteiger partial charge in [-0.05, 0) is 31.0 Å². The summed E-state index contributed by atoms with van der Waals surface area (Å²) in [4.78, 5) is 18.8. The molecule has 0 bridgehead atoms. The molecule has 1 aliphatic rings. The van der Waals surface area contributed by atoms with Crippen LogP contribution in [-0.4, -0.2) is 49.1 Å². The number of nitrogens with one attached hydrogen (secondary N) is 1. The molecule has 6 nitrogen and oxygen atoms in total. The van der Waals surface area contributed by atoms with Gasteiger partial charge in [-0.15, -0.1) is 0 Å². The Morgan fingerprint density at radius 3 is 2.70 bits per heavy atom. The number of amides is 1. The lowest BCUT2D eigenvalue weighted by Crippen LogP contribution is -2.45. The van der Waals surface area contributed by atoms with E-state index in [1.54, 1.807) is 17.0 Å². The van der Waals surface area contributed by atoms with Crippen molar-refractivity contribution in [3.8, 4) is 11.8 Å². The zero-order valence-electron chi connectivity index (χ0n) is 15.2. The van der Waals surface area contributed by atoms with Crippen molar-refractivity contribution in [2.75, 3.05) is 32.6 Å². The minimum absolute atomic E-state index is 0.0650. The van der Waals surface area contributed by atoms with Crippen LogP contribution in [0.25, 0.3) is 0 Å². The van der Waals surface area contributed by atoms with E-state index in [0.717, 1.165) is 25.0 Å². The Morgan fingerprint density at radius 2 is 2.00 bits per heavy atom. The minimum Gasteiger partial charge on any atom is -0.481 e. The molecular weight excluding hydrogens is 356 g/mol. The molecule has 2 heterocycles. The standard InChI is InChI=1S/C19H21F2N3O3/c1-26-17-8-6-14(18(23-17)27-2)19(25)24-9-3-4-13(11-24)22-12-5-7-15(20)16(21)10-12/h5-8,10,13,22H,3-4,9,11H2,1-2H3/t13-/m0/s1. The number of nitrogens with zero attached hydrogens (tertiary/aromatic N) is 2. The van der Waals surface area contributed by atoms with E-state index in [1.807, 2.05) is 0 Å². The summed E-state index contributed by atoms with van der Waals surface area (Å²) in [7, 11) is 2.94. The number of benzene rings is 1. The van der Waals surface area contributed by atoms with E-state index in [2.05, 4.69) is 10.3 Å². The number of anilines is 1. The third kappa shape index (κ3) is 4.27. The van der Waals surface area contributed by atoms with Crippen molar-refractivity contribution < 1.29 is 23.0 Å². The highest BCUT2D eigenvalue weighted by Crippen LogP contribution is 2.24. The maximum absolute atomic E-state index is 13.4. The van der Waals surface area contributed by atoms with Crippen LogP contribution in [0.1, 0.15) is 23.2 Å². The Labute approximate surface area is 156 Å². The Kier molecular flexibility index (Phi) is 5.73. The van der Waals surface area contributed by atoms with Gasteiger partial charge in [0.15, 0.2) is 11.6 Å². The molecule has 1 aromatic heterocycles. The van der Waals surface area contributed by atoms with Crippen LogP contribution in [-0.2, 0) is 0 Å². The fourth-order valence-electron chi connectivity index (χ4n) is 3.13. The molecule has 1 amide bonds. The molecule has 1 aliphatic heterocycles. The summed E-state index contributed by atoms with van der Waals surface area (Å²) >= 11 is 0. The van der Waals surface area contributed by atoms with Crippen molar-refractivity contribution in [2.45, 2.75) is 18.9 Å². The summed E-state index contributed by atoms with van der Waals surface area (Å²) in [5.41, 5.74) is 0.837. The van der Waals surface area contributed by atoms with E-state index in [-0.39, 0.29) is 17.8 Å². The second kappa shape index (κ2) is 8.20. The highest BCUT2D eigenvalue weighted by Gasteiger charge is 2.27. The number of carbonyl (C=O) groups excluding carboxylic acids is 1. The first-order chi connectivity index (χ1) is 13.0. The third-order valence-corrected chi connectivity index (χ3v) is 4.47. The molecule has 3 rings (SSSR count). The lowest BCUT2D eigenvalue weighted by molar-refractivity contribution is 0.0710. The fraction of sp³-hybridized carbons (Fsp3) is 0.368. The molecule has 0 unspecified atom stereocenters. The van der Waals surface area contributed by atoms with Crippen molar-refractivity contribution in [3.05, 3.63) is 47.5 Å². The van der Waals surface area contributed by atoms with Crippen LogP contribution in [0.4, 0.5) is 14.5 Å². The predicted molar refractivity (Wildman–Crippen MR) is 96.2 cm³/mol. The first kappa shape index (κ1) is 18.9. The number of rotatable bonds is 5. The first-order valence-corrected chi connectivity index (χ1v) is 8.61. The normalized spacial score (nSPS) is 16.7. The molecule has 1 saturated heterocycles. The summed E-state index contributed by atoms with van der Waals surface area (Å²) in [6.07, 6.45) is 1.61. The predicted octanol–water partition coefficient (Wildman–Crippen LogP) is 3.09. The molecule has 2 aromatic rings. The first-order valence-electron chi connectivity index (χ1n) is 8.61. The Balaban J connectivity index is 1.72. The topological polar surface area (TPSA) is 63.7 Å². The highest BCUT2D eigenvalue weighted by atomic mass is 19.2. The van der Waals surface area contributed by atoms with E-state index in [4.69, 9.17) is 9.47 Å². The minimum atomic E-state index is -0.905. The van der Waals surface area contributed by atoms with Gasteiger partial charge >= 0.3 is 0 Å². The van der Waals surface area contributed by atoms with Crippen LogP contribution in [0, 0.1) is 11.6 Å². The number of hydrogen-bond donors (Lipinski definition) is 1. The van der Waals surface area contributed by atoms with Crippen molar-refractivity contribution >= 4 is 11.6 Å². The van der Waals surface area contributed by atoms with Gasteiger partial charge in [0.25, 0.3) is 5.91 Å². The molecule has 0 spiro atoms.